The first-order valence-corrected chi connectivity index (χ1v) is 7.26. The zero-order valence-corrected chi connectivity index (χ0v) is 13.8. The van der Waals surface area contributed by atoms with E-state index in [4.69, 9.17) is 17.3 Å². The molecule has 8 heteroatoms. The standard InChI is InChI=1S/C14H18ClN3O3.ClH/c1-9(16)10-2-4-17(5-3-10)14(19)11-6-12(15)8-13(7-11)18(20)21;/h6-10H,2-5,16H2,1H3;1H. The van der Waals surface area contributed by atoms with Crippen molar-refractivity contribution in [3.05, 3.63) is 38.9 Å². The van der Waals surface area contributed by atoms with Crippen molar-refractivity contribution in [1.29, 1.82) is 0 Å². The normalized spacial score (nSPS) is 16.8. The average Bonchev–Trinajstić information content (AvgIpc) is 2.45. The van der Waals surface area contributed by atoms with Crippen molar-refractivity contribution in [3.63, 3.8) is 0 Å². The Balaban J connectivity index is 0.00000242. The van der Waals surface area contributed by atoms with Crippen molar-refractivity contribution in [1.82, 2.24) is 4.90 Å². The summed E-state index contributed by atoms with van der Waals surface area (Å²) < 4.78 is 0. The van der Waals surface area contributed by atoms with E-state index in [1.54, 1.807) is 4.90 Å². The van der Waals surface area contributed by atoms with Gasteiger partial charge in [0.2, 0.25) is 0 Å². The van der Waals surface area contributed by atoms with Gasteiger partial charge in [-0.3, -0.25) is 14.9 Å². The number of likely N-dealkylation sites (tertiary alicyclic amines) is 1. The van der Waals surface area contributed by atoms with Gasteiger partial charge in [-0.15, -0.1) is 12.4 Å². The number of nitrogens with two attached hydrogens (primary N) is 1. The molecule has 1 atom stereocenters. The fraction of sp³-hybridized carbons (Fsp3) is 0.500. The van der Waals surface area contributed by atoms with E-state index < -0.39 is 4.92 Å². The number of non-ortho nitro benzene ring substituents is 1. The third-order valence-electron chi connectivity index (χ3n) is 3.91. The van der Waals surface area contributed by atoms with E-state index in [1.165, 1.54) is 18.2 Å². The first kappa shape index (κ1) is 18.7. The molecule has 1 aliphatic rings. The number of halogens is 2. The number of hydrogen-bond acceptors (Lipinski definition) is 4. The number of carbonyl (C=O) groups excluding carboxylic acids is 1. The van der Waals surface area contributed by atoms with Gasteiger partial charge in [0, 0.05) is 41.9 Å². The maximum absolute atomic E-state index is 12.4. The van der Waals surface area contributed by atoms with E-state index in [1.807, 2.05) is 6.92 Å². The number of hydrogen-bond donors (Lipinski definition) is 1. The maximum atomic E-state index is 12.4. The summed E-state index contributed by atoms with van der Waals surface area (Å²) in [6, 6.07) is 4.09. The van der Waals surface area contributed by atoms with Crippen LogP contribution in [0.3, 0.4) is 0 Å². The first-order valence-electron chi connectivity index (χ1n) is 6.88. The highest BCUT2D eigenvalue weighted by molar-refractivity contribution is 6.31. The monoisotopic (exact) mass is 347 g/mol. The van der Waals surface area contributed by atoms with Gasteiger partial charge >= 0.3 is 0 Å². The summed E-state index contributed by atoms with van der Waals surface area (Å²) in [5.41, 5.74) is 5.96. The Hall–Kier alpha value is -1.37. The molecule has 0 bridgehead atoms. The van der Waals surface area contributed by atoms with Gasteiger partial charge in [0.25, 0.3) is 11.6 Å². The molecule has 1 amide bonds. The quantitative estimate of drug-likeness (QED) is 0.672. The van der Waals surface area contributed by atoms with Crippen molar-refractivity contribution in [2.45, 2.75) is 25.8 Å². The predicted octanol–water partition coefficient (Wildman–Crippen LogP) is 2.87. The molecule has 1 aromatic rings. The smallest absolute Gasteiger partial charge is 0.271 e. The molecule has 2 N–H and O–H groups in total. The Morgan fingerprint density at radius 1 is 1.41 bits per heavy atom. The van der Waals surface area contributed by atoms with Crippen LogP contribution in [0.1, 0.15) is 30.1 Å². The highest BCUT2D eigenvalue weighted by Crippen LogP contribution is 2.25. The molecule has 2 rings (SSSR count). The Kier molecular flexibility index (Phi) is 6.59. The van der Waals surface area contributed by atoms with Crippen LogP contribution in [0.4, 0.5) is 5.69 Å². The number of nitro groups is 1. The van der Waals surface area contributed by atoms with Gasteiger partial charge in [-0.2, -0.15) is 0 Å². The molecule has 1 fully saturated rings. The molecule has 1 aromatic carbocycles. The van der Waals surface area contributed by atoms with E-state index in [-0.39, 0.29) is 40.6 Å². The second-order valence-corrected chi connectivity index (χ2v) is 5.88. The zero-order valence-electron chi connectivity index (χ0n) is 12.2. The molecular formula is C14H19Cl2N3O3. The summed E-state index contributed by atoms with van der Waals surface area (Å²) in [5, 5.41) is 11.0. The van der Waals surface area contributed by atoms with Gasteiger partial charge in [-0.25, -0.2) is 0 Å². The highest BCUT2D eigenvalue weighted by atomic mass is 35.5. The van der Waals surface area contributed by atoms with E-state index in [9.17, 15) is 14.9 Å². The van der Waals surface area contributed by atoms with Crippen LogP contribution in [0.15, 0.2) is 18.2 Å². The van der Waals surface area contributed by atoms with Gasteiger partial charge in [0.15, 0.2) is 0 Å². The Bertz CT molecular complexity index is 558. The molecule has 1 unspecified atom stereocenters. The fourth-order valence-electron chi connectivity index (χ4n) is 2.61. The third-order valence-corrected chi connectivity index (χ3v) is 4.13. The maximum Gasteiger partial charge on any atom is 0.271 e. The zero-order chi connectivity index (χ0) is 15.6. The topological polar surface area (TPSA) is 89.5 Å². The van der Waals surface area contributed by atoms with Crippen LogP contribution < -0.4 is 5.73 Å². The number of nitro benzene ring substituents is 1. The molecule has 22 heavy (non-hydrogen) atoms. The van der Waals surface area contributed by atoms with E-state index in [0.717, 1.165) is 12.8 Å². The summed E-state index contributed by atoms with van der Waals surface area (Å²) >= 11 is 5.85. The molecule has 0 saturated carbocycles. The second kappa shape index (κ2) is 7.76. The molecule has 1 saturated heterocycles. The molecule has 0 radical (unpaired) electrons. The number of benzene rings is 1. The number of piperidine rings is 1. The molecule has 0 spiro atoms. The van der Waals surface area contributed by atoms with Crippen molar-refractivity contribution < 1.29 is 9.72 Å². The van der Waals surface area contributed by atoms with Crippen LogP contribution in [-0.4, -0.2) is 34.9 Å². The summed E-state index contributed by atoms with van der Waals surface area (Å²) in [6.45, 7) is 3.21. The predicted molar refractivity (Wildman–Crippen MR) is 87.6 cm³/mol. The lowest BCUT2D eigenvalue weighted by Gasteiger charge is -2.33. The van der Waals surface area contributed by atoms with Crippen molar-refractivity contribution in [2.75, 3.05) is 13.1 Å². The van der Waals surface area contributed by atoms with Crippen LogP contribution in [0, 0.1) is 16.0 Å². The van der Waals surface area contributed by atoms with Crippen LogP contribution in [0.2, 0.25) is 5.02 Å². The first-order chi connectivity index (χ1) is 9.88. The van der Waals surface area contributed by atoms with Crippen molar-refractivity contribution >= 4 is 35.6 Å². The molecule has 1 heterocycles. The number of nitrogens with zero attached hydrogens (tertiary/aromatic N) is 2. The van der Waals surface area contributed by atoms with Gasteiger partial charge in [0.05, 0.1) is 4.92 Å². The fourth-order valence-corrected chi connectivity index (χ4v) is 2.84. The van der Waals surface area contributed by atoms with Crippen LogP contribution in [0.25, 0.3) is 0 Å². The second-order valence-electron chi connectivity index (χ2n) is 5.44. The van der Waals surface area contributed by atoms with Crippen molar-refractivity contribution in [2.24, 2.45) is 11.7 Å². The molecule has 1 aliphatic heterocycles. The van der Waals surface area contributed by atoms with Crippen molar-refractivity contribution in [3.8, 4) is 0 Å². The molecule has 0 aliphatic carbocycles. The Morgan fingerprint density at radius 3 is 2.50 bits per heavy atom. The third kappa shape index (κ3) is 4.32. The summed E-state index contributed by atoms with van der Waals surface area (Å²) in [7, 11) is 0. The Labute approximate surface area is 140 Å². The van der Waals surface area contributed by atoms with Crippen LogP contribution >= 0.6 is 24.0 Å². The largest absolute Gasteiger partial charge is 0.339 e. The van der Waals surface area contributed by atoms with Gasteiger partial charge in [0.1, 0.15) is 0 Å². The van der Waals surface area contributed by atoms with E-state index >= 15 is 0 Å². The lowest BCUT2D eigenvalue weighted by Crippen LogP contribution is -2.42. The Morgan fingerprint density at radius 2 is 2.00 bits per heavy atom. The van der Waals surface area contributed by atoms with E-state index in [0.29, 0.717) is 19.0 Å². The minimum absolute atomic E-state index is 0. The minimum atomic E-state index is -0.551. The number of rotatable bonds is 3. The SMILES string of the molecule is CC(N)C1CCN(C(=O)c2cc(Cl)cc([N+](=O)[O-])c2)CC1.Cl. The molecule has 6 nitrogen and oxygen atoms in total. The van der Waals surface area contributed by atoms with Crippen LogP contribution in [0.5, 0.6) is 0 Å². The van der Waals surface area contributed by atoms with Gasteiger partial charge < -0.3 is 10.6 Å². The van der Waals surface area contributed by atoms with Gasteiger partial charge in [-0.1, -0.05) is 11.6 Å². The number of carbonyl (C=O) groups is 1. The highest BCUT2D eigenvalue weighted by Gasteiger charge is 2.26. The average molecular weight is 348 g/mol. The van der Waals surface area contributed by atoms with Crippen LogP contribution in [-0.2, 0) is 0 Å². The lowest BCUT2D eigenvalue weighted by molar-refractivity contribution is -0.384. The molecule has 0 aromatic heterocycles. The lowest BCUT2D eigenvalue weighted by atomic mass is 9.90. The number of amides is 1. The van der Waals surface area contributed by atoms with Gasteiger partial charge in [-0.05, 0) is 31.7 Å². The summed E-state index contributed by atoms with van der Waals surface area (Å²) in [6.07, 6.45) is 1.71. The minimum Gasteiger partial charge on any atom is -0.339 e. The molecular weight excluding hydrogens is 329 g/mol. The summed E-state index contributed by atoms with van der Waals surface area (Å²) in [4.78, 5) is 24.4. The van der Waals surface area contributed by atoms with E-state index in [2.05, 4.69) is 0 Å². The summed E-state index contributed by atoms with van der Waals surface area (Å²) in [5.74, 6) is 0.200. The molecule has 122 valence electrons.